The number of hydrogen-bond acceptors (Lipinski definition) is 4. The topological polar surface area (TPSA) is 88.3 Å². The third kappa shape index (κ3) is 3.55. The summed E-state index contributed by atoms with van der Waals surface area (Å²) in [7, 11) is 0. The van der Waals surface area contributed by atoms with Crippen LogP contribution in [0.15, 0.2) is 6.20 Å². The van der Waals surface area contributed by atoms with Crippen LogP contribution in [0.3, 0.4) is 0 Å². The van der Waals surface area contributed by atoms with E-state index in [1.807, 2.05) is 4.90 Å². The van der Waals surface area contributed by atoms with Crippen molar-refractivity contribution in [2.45, 2.75) is 39.2 Å². The molecule has 1 unspecified atom stereocenters. The highest BCUT2D eigenvalue weighted by molar-refractivity contribution is 5.84. The molecule has 1 atom stereocenters. The van der Waals surface area contributed by atoms with Crippen molar-refractivity contribution in [2.75, 3.05) is 13.1 Å². The molecule has 1 fully saturated rings. The zero-order chi connectivity index (χ0) is 14.5. The molecule has 2 rings (SSSR count). The largest absolute Gasteiger partial charge is 0.476 e. The Morgan fingerprint density at radius 2 is 2.25 bits per heavy atom. The lowest BCUT2D eigenvalue weighted by atomic mass is 9.98. The van der Waals surface area contributed by atoms with Crippen LogP contribution in [0, 0.1) is 5.92 Å². The number of carbonyl (C=O) groups excluding carboxylic acids is 1. The van der Waals surface area contributed by atoms with Crippen molar-refractivity contribution in [3.8, 4) is 0 Å². The van der Waals surface area contributed by atoms with E-state index in [1.54, 1.807) is 0 Å². The standard InChI is InChI=1S/C13H20N4O3/c1-2-10-3-4-12(18)16(6-5-10)7-8-17-9-11(13(19)20)14-15-17/h9-10H,2-8H2,1H3,(H,19,20). The number of carbonyl (C=O) groups is 2. The number of amides is 1. The fraction of sp³-hybridized carbons (Fsp3) is 0.692. The van der Waals surface area contributed by atoms with Crippen molar-refractivity contribution in [1.29, 1.82) is 0 Å². The van der Waals surface area contributed by atoms with Crippen LogP contribution in [0.25, 0.3) is 0 Å². The number of hydrogen-bond donors (Lipinski definition) is 1. The van der Waals surface area contributed by atoms with E-state index in [1.165, 1.54) is 10.9 Å². The molecule has 0 bridgehead atoms. The third-order valence-corrected chi connectivity index (χ3v) is 3.86. The molecule has 0 radical (unpaired) electrons. The quantitative estimate of drug-likeness (QED) is 0.869. The van der Waals surface area contributed by atoms with Crippen LogP contribution >= 0.6 is 0 Å². The minimum Gasteiger partial charge on any atom is -0.476 e. The smallest absolute Gasteiger partial charge is 0.358 e. The molecule has 1 amide bonds. The second-order valence-electron chi connectivity index (χ2n) is 5.15. The SMILES string of the molecule is CCC1CCC(=O)N(CCn2cc(C(=O)O)nn2)CC1. The summed E-state index contributed by atoms with van der Waals surface area (Å²) < 4.78 is 1.47. The van der Waals surface area contributed by atoms with Crippen molar-refractivity contribution in [3.05, 3.63) is 11.9 Å². The summed E-state index contributed by atoms with van der Waals surface area (Å²) in [5.41, 5.74) is -0.0711. The van der Waals surface area contributed by atoms with Gasteiger partial charge in [-0.15, -0.1) is 5.10 Å². The Kier molecular flexibility index (Phi) is 4.70. The van der Waals surface area contributed by atoms with Crippen LogP contribution in [-0.4, -0.2) is 50.0 Å². The highest BCUT2D eigenvalue weighted by atomic mass is 16.4. The van der Waals surface area contributed by atoms with Gasteiger partial charge in [0, 0.05) is 19.5 Å². The molecule has 7 heteroatoms. The molecule has 20 heavy (non-hydrogen) atoms. The van der Waals surface area contributed by atoms with E-state index in [4.69, 9.17) is 5.11 Å². The number of aromatic carboxylic acids is 1. The molecular formula is C13H20N4O3. The maximum atomic E-state index is 12.0. The van der Waals surface area contributed by atoms with Crippen molar-refractivity contribution < 1.29 is 14.7 Å². The highest BCUT2D eigenvalue weighted by Gasteiger charge is 2.21. The van der Waals surface area contributed by atoms with Gasteiger partial charge in [-0.1, -0.05) is 18.6 Å². The average molecular weight is 280 g/mol. The van der Waals surface area contributed by atoms with Crippen LogP contribution in [0.5, 0.6) is 0 Å². The molecule has 0 saturated carbocycles. The van der Waals surface area contributed by atoms with Crippen LogP contribution in [-0.2, 0) is 11.3 Å². The fourth-order valence-corrected chi connectivity index (χ4v) is 2.47. The highest BCUT2D eigenvalue weighted by Crippen LogP contribution is 2.20. The second kappa shape index (κ2) is 6.49. The van der Waals surface area contributed by atoms with Gasteiger partial charge in [0.15, 0.2) is 5.69 Å². The molecule has 1 N–H and O–H groups in total. The van der Waals surface area contributed by atoms with Crippen molar-refractivity contribution in [1.82, 2.24) is 19.9 Å². The van der Waals surface area contributed by atoms with Gasteiger partial charge in [-0.25, -0.2) is 9.48 Å². The van der Waals surface area contributed by atoms with Crippen LogP contribution < -0.4 is 0 Å². The minimum atomic E-state index is -1.09. The molecule has 1 aromatic rings. The Morgan fingerprint density at radius 1 is 1.45 bits per heavy atom. The van der Waals surface area contributed by atoms with Crippen LogP contribution in [0.1, 0.15) is 43.1 Å². The Hall–Kier alpha value is -1.92. The molecule has 1 aliphatic heterocycles. The van der Waals surface area contributed by atoms with E-state index in [9.17, 15) is 9.59 Å². The molecule has 2 heterocycles. The van der Waals surface area contributed by atoms with Gasteiger partial charge in [0.2, 0.25) is 5.91 Å². The lowest BCUT2D eigenvalue weighted by Gasteiger charge is -2.20. The summed E-state index contributed by atoms with van der Waals surface area (Å²) in [6.45, 7) is 3.96. The Labute approximate surface area is 117 Å². The first-order chi connectivity index (χ1) is 9.60. The first-order valence-corrected chi connectivity index (χ1v) is 7.01. The zero-order valence-corrected chi connectivity index (χ0v) is 11.7. The number of aromatic nitrogens is 3. The number of likely N-dealkylation sites (tertiary alicyclic amines) is 1. The van der Waals surface area contributed by atoms with Gasteiger partial charge >= 0.3 is 5.97 Å². The Morgan fingerprint density at radius 3 is 2.90 bits per heavy atom. The predicted molar refractivity (Wildman–Crippen MR) is 71.2 cm³/mol. The maximum Gasteiger partial charge on any atom is 0.358 e. The minimum absolute atomic E-state index is 0.0711. The van der Waals surface area contributed by atoms with Gasteiger partial charge in [0.05, 0.1) is 12.7 Å². The molecule has 1 saturated heterocycles. The summed E-state index contributed by atoms with van der Waals surface area (Å²) in [4.78, 5) is 24.5. The first kappa shape index (κ1) is 14.5. The molecular weight excluding hydrogens is 260 g/mol. The van der Waals surface area contributed by atoms with Gasteiger partial charge in [0.25, 0.3) is 0 Å². The molecule has 0 aliphatic carbocycles. The summed E-state index contributed by atoms with van der Waals surface area (Å²) in [5, 5.41) is 16.1. The number of nitrogens with zero attached hydrogens (tertiary/aromatic N) is 4. The number of rotatable bonds is 5. The molecule has 0 spiro atoms. The number of carboxylic acid groups (broad SMARTS) is 1. The summed E-state index contributed by atoms with van der Waals surface area (Å²) in [5.74, 6) is -0.277. The van der Waals surface area contributed by atoms with Crippen molar-refractivity contribution >= 4 is 11.9 Å². The van der Waals surface area contributed by atoms with E-state index in [-0.39, 0.29) is 11.6 Å². The van der Waals surface area contributed by atoms with Gasteiger partial charge in [-0.2, -0.15) is 0 Å². The summed E-state index contributed by atoms with van der Waals surface area (Å²) in [6, 6.07) is 0. The molecule has 0 aromatic carbocycles. The van der Waals surface area contributed by atoms with Gasteiger partial charge in [-0.05, 0) is 18.8 Å². The van der Waals surface area contributed by atoms with Gasteiger partial charge in [0.1, 0.15) is 0 Å². The van der Waals surface area contributed by atoms with E-state index < -0.39 is 5.97 Å². The zero-order valence-electron chi connectivity index (χ0n) is 11.7. The molecule has 1 aromatic heterocycles. The average Bonchev–Trinajstić information content (AvgIpc) is 2.83. The van der Waals surface area contributed by atoms with Gasteiger partial charge in [-0.3, -0.25) is 4.79 Å². The molecule has 110 valence electrons. The fourth-order valence-electron chi connectivity index (χ4n) is 2.47. The number of carboxylic acids is 1. The van der Waals surface area contributed by atoms with Crippen molar-refractivity contribution in [3.63, 3.8) is 0 Å². The Bertz CT molecular complexity index is 486. The Balaban J connectivity index is 1.88. The molecule has 7 nitrogen and oxygen atoms in total. The van der Waals surface area contributed by atoms with E-state index in [0.29, 0.717) is 25.4 Å². The normalized spacial score (nSPS) is 19.9. The van der Waals surface area contributed by atoms with Gasteiger partial charge < -0.3 is 10.0 Å². The van der Waals surface area contributed by atoms with Crippen LogP contribution in [0.4, 0.5) is 0 Å². The molecule has 1 aliphatic rings. The van der Waals surface area contributed by atoms with E-state index in [0.717, 1.165) is 25.8 Å². The predicted octanol–water partition coefficient (Wildman–Crippen LogP) is 1.01. The van der Waals surface area contributed by atoms with E-state index in [2.05, 4.69) is 17.2 Å². The van der Waals surface area contributed by atoms with Crippen LogP contribution in [0.2, 0.25) is 0 Å². The third-order valence-electron chi connectivity index (χ3n) is 3.86. The second-order valence-corrected chi connectivity index (χ2v) is 5.15. The summed E-state index contributed by atoms with van der Waals surface area (Å²) in [6.07, 6.45) is 5.13. The van der Waals surface area contributed by atoms with Crippen molar-refractivity contribution in [2.24, 2.45) is 5.92 Å². The monoisotopic (exact) mass is 280 g/mol. The van der Waals surface area contributed by atoms with E-state index >= 15 is 0 Å². The lowest BCUT2D eigenvalue weighted by molar-refractivity contribution is -0.130. The maximum absolute atomic E-state index is 12.0. The lowest BCUT2D eigenvalue weighted by Crippen LogP contribution is -2.33. The summed E-state index contributed by atoms with van der Waals surface area (Å²) >= 11 is 0. The first-order valence-electron chi connectivity index (χ1n) is 7.01.